The average Bonchev–Trinajstić information content (AvgIpc) is 2.56. The number of piperidine rings is 1. The lowest BCUT2D eigenvalue weighted by Gasteiger charge is -2.24. The van der Waals surface area contributed by atoms with Gasteiger partial charge in [-0.1, -0.05) is 12.1 Å². The first-order chi connectivity index (χ1) is 10.7. The zero-order valence-corrected chi connectivity index (χ0v) is 12.2. The Kier molecular flexibility index (Phi) is 4.34. The molecule has 1 aliphatic heterocycles. The van der Waals surface area contributed by atoms with E-state index >= 15 is 0 Å². The highest BCUT2D eigenvalue weighted by molar-refractivity contribution is 5.89. The van der Waals surface area contributed by atoms with E-state index in [9.17, 15) is 4.79 Å². The number of carboxylic acids is 1. The van der Waals surface area contributed by atoms with E-state index in [1.165, 1.54) is 0 Å². The van der Waals surface area contributed by atoms with Crippen molar-refractivity contribution in [3.05, 3.63) is 48.2 Å². The maximum Gasteiger partial charge on any atom is 0.335 e. The molecule has 0 unspecified atom stereocenters. The zero-order chi connectivity index (χ0) is 15.4. The minimum Gasteiger partial charge on any atom is -0.478 e. The Labute approximate surface area is 129 Å². The van der Waals surface area contributed by atoms with E-state index in [1.54, 1.807) is 24.4 Å². The van der Waals surface area contributed by atoms with Crippen LogP contribution in [-0.2, 0) is 0 Å². The summed E-state index contributed by atoms with van der Waals surface area (Å²) in [6.07, 6.45) is 3.75. The fourth-order valence-electron chi connectivity index (χ4n) is 2.60. The Morgan fingerprint density at radius 2 is 2.05 bits per heavy atom. The number of ether oxygens (including phenoxy) is 1. The van der Waals surface area contributed by atoms with E-state index in [1.807, 2.05) is 18.2 Å². The number of hydrogen-bond donors (Lipinski definition) is 2. The highest BCUT2D eigenvalue weighted by Crippen LogP contribution is 2.30. The number of pyridine rings is 1. The van der Waals surface area contributed by atoms with Crippen molar-refractivity contribution in [1.82, 2.24) is 10.3 Å². The maximum atomic E-state index is 11.1. The van der Waals surface area contributed by atoms with Gasteiger partial charge in [-0.3, -0.25) is 0 Å². The van der Waals surface area contributed by atoms with Crippen LogP contribution < -0.4 is 10.1 Å². The average molecular weight is 298 g/mol. The van der Waals surface area contributed by atoms with Crippen molar-refractivity contribution in [2.24, 2.45) is 0 Å². The highest BCUT2D eigenvalue weighted by atomic mass is 16.5. The lowest BCUT2D eigenvalue weighted by Crippen LogP contribution is -2.34. The summed E-state index contributed by atoms with van der Waals surface area (Å²) in [7, 11) is 0. The molecular formula is C17H18N2O3. The minimum absolute atomic E-state index is 0.151. The summed E-state index contributed by atoms with van der Waals surface area (Å²) >= 11 is 0. The molecule has 1 aromatic heterocycles. The van der Waals surface area contributed by atoms with E-state index in [-0.39, 0.29) is 11.7 Å². The zero-order valence-electron chi connectivity index (χ0n) is 12.2. The molecule has 2 aromatic rings. The van der Waals surface area contributed by atoms with Gasteiger partial charge < -0.3 is 15.2 Å². The fourth-order valence-corrected chi connectivity index (χ4v) is 2.60. The second-order valence-corrected chi connectivity index (χ2v) is 5.31. The van der Waals surface area contributed by atoms with Gasteiger partial charge in [0.05, 0.1) is 5.56 Å². The fraction of sp³-hybridized carbons (Fsp3) is 0.294. The van der Waals surface area contributed by atoms with Crippen LogP contribution in [-0.4, -0.2) is 35.3 Å². The largest absolute Gasteiger partial charge is 0.478 e. The number of hydrogen-bond acceptors (Lipinski definition) is 4. The molecule has 1 fully saturated rings. The van der Waals surface area contributed by atoms with E-state index in [4.69, 9.17) is 9.84 Å². The van der Waals surface area contributed by atoms with Crippen molar-refractivity contribution in [3.63, 3.8) is 0 Å². The molecule has 0 saturated carbocycles. The number of rotatable bonds is 4. The summed E-state index contributed by atoms with van der Waals surface area (Å²) in [4.78, 5) is 15.5. The second kappa shape index (κ2) is 6.58. The third-order valence-electron chi connectivity index (χ3n) is 3.76. The van der Waals surface area contributed by atoms with Crippen LogP contribution in [0.1, 0.15) is 23.2 Å². The molecule has 1 saturated heterocycles. The predicted octanol–water partition coefficient (Wildman–Crippen LogP) is 2.58. The molecular weight excluding hydrogens is 280 g/mol. The lowest BCUT2D eigenvalue weighted by molar-refractivity contribution is 0.0697. The summed E-state index contributed by atoms with van der Waals surface area (Å²) in [5.74, 6) is -0.372. The number of nitrogens with zero attached hydrogens (tertiary/aromatic N) is 1. The van der Waals surface area contributed by atoms with Gasteiger partial charge in [0.25, 0.3) is 0 Å². The smallest absolute Gasteiger partial charge is 0.335 e. The first kappa shape index (κ1) is 14.5. The predicted molar refractivity (Wildman–Crippen MR) is 83.2 cm³/mol. The first-order valence-corrected chi connectivity index (χ1v) is 7.40. The normalized spacial score (nSPS) is 15.5. The van der Waals surface area contributed by atoms with Gasteiger partial charge in [-0.05, 0) is 55.8 Å². The SMILES string of the molecule is O=C(O)c1cccc(-c2cccnc2OC2CCNCC2)c1. The van der Waals surface area contributed by atoms with Gasteiger partial charge in [0, 0.05) is 11.8 Å². The summed E-state index contributed by atoms with van der Waals surface area (Å²) in [5, 5.41) is 12.4. The molecule has 0 spiro atoms. The number of aromatic carboxylic acids is 1. The Morgan fingerprint density at radius 1 is 1.23 bits per heavy atom. The van der Waals surface area contributed by atoms with E-state index < -0.39 is 5.97 Å². The Hall–Kier alpha value is -2.40. The van der Waals surface area contributed by atoms with Crippen LogP contribution in [0.5, 0.6) is 5.88 Å². The van der Waals surface area contributed by atoms with E-state index in [0.717, 1.165) is 37.1 Å². The van der Waals surface area contributed by atoms with Gasteiger partial charge >= 0.3 is 5.97 Å². The summed E-state index contributed by atoms with van der Waals surface area (Å²) < 4.78 is 6.04. The molecule has 5 heteroatoms. The van der Waals surface area contributed by atoms with Crippen LogP contribution in [0.2, 0.25) is 0 Å². The van der Waals surface area contributed by atoms with Crippen molar-refractivity contribution in [3.8, 4) is 17.0 Å². The van der Waals surface area contributed by atoms with Gasteiger partial charge in [0.1, 0.15) is 6.10 Å². The summed E-state index contributed by atoms with van der Waals surface area (Å²) in [6.45, 7) is 1.89. The van der Waals surface area contributed by atoms with Crippen molar-refractivity contribution < 1.29 is 14.6 Å². The molecule has 2 N–H and O–H groups in total. The van der Waals surface area contributed by atoms with Gasteiger partial charge in [0.2, 0.25) is 5.88 Å². The molecule has 2 heterocycles. The van der Waals surface area contributed by atoms with Crippen molar-refractivity contribution in [2.45, 2.75) is 18.9 Å². The first-order valence-electron chi connectivity index (χ1n) is 7.40. The monoisotopic (exact) mass is 298 g/mol. The summed E-state index contributed by atoms with van der Waals surface area (Å²) in [5.41, 5.74) is 1.88. The molecule has 0 amide bonds. The van der Waals surface area contributed by atoms with E-state index in [2.05, 4.69) is 10.3 Å². The molecule has 1 aromatic carbocycles. The van der Waals surface area contributed by atoms with Crippen molar-refractivity contribution >= 4 is 5.97 Å². The number of benzene rings is 1. The lowest BCUT2D eigenvalue weighted by atomic mass is 10.0. The minimum atomic E-state index is -0.938. The number of aromatic nitrogens is 1. The molecule has 1 aliphatic rings. The quantitative estimate of drug-likeness (QED) is 0.907. The van der Waals surface area contributed by atoms with Crippen LogP contribution in [0.4, 0.5) is 0 Å². The van der Waals surface area contributed by atoms with Crippen LogP contribution in [0.15, 0.2) is 42.6 Å². The van der Waals surface area contributed by atoms with Gasteiger partial charge in [-0.15, -0.1) is 0 Å². The number of carboxylic acid groups (broad SMARTS) is 1. The third kappa shape index (κ3) is 3.26. The maximum absolute atomic E-state index is 11.1. The molecule has 5 nitrogen and oxygen atoms in total. The van der Waals surface area contributed by atoms with Crippen LogP contribution in [0, 0.1) is 0 Å². The molecule has 22 heavy (non-hydrogen) atoms. The molecule has 0 radical (unpaired) electrons. The molecule has 3 rings (SSSR count). The number of carbonyl (C=O) groups is 1. The van der Waals surface area contributed by atoms with E-state index in [0.29, 0.717) is 5.88 Å². The molecule has 114 valence electrons. The van der Waals surface area contributed by atoms with Crippen LogP contribution >= 0.6 is 0 Å². The molecule has 0 atom stereocenters. The van der Waals surface area contributed by atoms with Gasteiger partial charge in [-0.25, -0.2) is 9.78 Å². The summed E-state index contributed by atoms with van der Waals surface area (Å²) in [6, 6.07) is 10.6. The molecule has 0 aliphatic carbocycles. The van der Waals surface area contributed by atoms with Crippen molar-refractivity contribution in [1.29, 1.82) is 0 Å². The third-order valence-corrected chi connectivity index (χ3v) is 3.76. The standard InChI is InChI=1S/C17H18N2O3/c20-17(21)13-4-1-3-12(11-13)15-5-2-8-19-16(15)22-14-6-9-18-10-7-14/h1-5,8,11,14,18H,6-7,9-10H2,(H,20,21). The Morgan fingerprint density at radius 3 is 2.82 bits per heavy atom. The van der Waals surface area contributed by atoms with Crippen molar-refractivity contribution in [2.75, 3.05) is 13.1 Å². The topological polar surface area (TPSA) is 71.5 Å². The molecule has 0 bridgehead atoms. The van der Waals surface area contributed by atoms with Gasteiger partial charge in [-0.2, -0.15) is 0 Å². The Balaban J connectivity index is 1.90. The number of nitrogens with one attached hydrogen (secondary N) is 1. The van der Waals surface area contributed by atoms with Crippen LogP contribution in [0.3, 0.4) is 0 Å². The Bertz CT molecular complexity index is 666. The van der Waals surface area contributed by atoms with Crippen LogP contribution in [0.25, 0.3) is 11.1 Å². The highest BCUT2D eigenvalue weighted by Gasteiger charge is 2.17. The second-order valence-electron chi connectivity index (χ2n) is 5.31. The van der Waals surface area contributed by atoms with Gasteiger partial charge in [0.15, 0.2) is 0 Å².